The number of nitrogens with one attached hydrogen (secondary N) is 1. The highest BCUT2D eigenvalue weighted by atomic mass is 32.2. The van der Waals surface area contributed by atoms with Crippen molar-refractivity contribution >= 4 is 21.6 Å². The average molecular weight is 336 g/mol. The summed E-state index contributed by atoms with van der Waals surface area (Å²) in [4.78, 5) is 12.4. The van der Waals surface area contributed by atoms with E-state index in [9.17, 15) is 13.2 Å². The first-order chi connectivity index (χ1) is 10.7. The van der Waals surface area contributed by atoms with Crippen LogP contribution in [-0.2, 0) is 14.8 Å². The number of benzene rings is 1. The normalized spacial score (nSPS) is 17.7. The highest BCUT2D eigenvalue weighted by Gasteiger charge is 2.21. The summed E-state index contributed by atoms with van der Waals surface area (Å²) in [7, 11) is -0.535. The lowest BCUT2D eigenvalue weighted by Gasteiger charge is -2.17. The third-order valence-corrected chi connectivity index (χ3v) is 6.05. The van der Waals surface area contributed by atoms with Gasteiger partial charge in [-0.2, -0.15) is 0 Å². The molecule has 1 amide bonds. The molecule has 1 N–H and O–H groups in total. The number of allylic oxidation sites excluding steroid dienone is 2. The largest absolute Gasteiger partial charge is 0.326 e. The standard InChI is InChI=1S/C17H24N2O3S/c1-12-9-15(23(21,22)19(3)4)11-16(13(12)2)18-17(20)10-14-7-5-6-8-14/h5,7,9,11,14H,6,8,10H2,1-4H3,(H,18,20)/t14-/m0/s1. The summed E-state index contributed by atoms with van der Waals surface area (Å²) in [6.07, 6.45) is 6.62. The van der Waals surface area contributed by atoms with E-state index in [0.29, 0.717) is 12.1 Å². The Bertz CT molecular complexity index is 736. The average Bonchev–Trinajstić information content (AvgIpc) is 2.96. The molecule has 1 aromatic rings. The van der Waals surface area contributed by atoms with Crippen molar-refractivity contribution in [3.63, 3.8) is 0 Å². The molecule has 2 rings (SSSR count). The lowest BCUT2D eigenvalue weighted by molar-refractivity contribution is -0.116. The third-order valence-electron chi connectivity index (χ3n) is 4.25. The highest BCUT2D eigenvalue weighted by molar-refractivity contribution is 7.89. The van der Waals surface area contributed by atoms with Crippen LogP contribution < -0.4 is 5.32 Å². The van der Waals surface area contributed by atoms with E-state index in [0.717, 1.165) is 24.0 Å². The first-order valence-corrected chi connectivity index (χ1v) is 9.16. The predicted octanol–water partition coefficient (Wildman–Crippen LogP) is 2.85. The Labute approximate surface area is 138 Å². The smallest absolute Gasteiger partial charge is 0.242 e. The number of aryl methyl sites for hydroxylation is 1. The number of sulfonamides is 1. The Morgan fingerprint density at radius 3 is 2.57 bits per heavy atom. The van der Waals surface area contributed by atoms with Gasteiger partial charge in [0, 0.05) is 26.2 Å². The van der Waals surface area contributed by atoms with Gasteiger partial charge in [0.1, 0.15) is 0 Å². The van der Waals surface area contributed by atoms with Gasteiger partial charge in [-0.25, -0.2) is 12.7 Å². The van der Waals surface area contributed by atoms with Crippen molar-refractivity contribution in [3.05, 3.63) is 35.4 Å². The number of hydrogen-bond acceptors (Lipinski definition) is 3. The molecule has 0 radical (unpaired) electrons. The zero-order valence-electron chi connectivity index (χ0n) is 14.1. The van der Waals surface area contributed by atoms with Crippen molar-refractivity contribution in [3.8, 4) is 0 Å². The van der Waals surface area contributed by atoms with E-state index in [4.69, 9.17) is 0 Å². The summed E-state index contributed by atoms with van der Waals surface area (Å²) in [6, 6.07) is 3.18. The van der Waals surface area contributed by atoms with Crippen molar-refractivity contribution in [1.82, 2.24) is 4.31 Å². The fourth-order valence-electron chi connectivity index (χ4n) is 2.62. The van der Waals surface area contributed by atoms with Crippen LogP contribution >= 0.6 is 0 Å². The fraction of sp³-hybridized carbons (Fsp3) is 0.471. The number of carbonyl (C=O) groups excluding carboxylic acids is 1. The van der Waals surface area contributed by atoms with Crippen LogP contribution in [0.3, 0.4) is 0 Å². The molecule has 5 nitrogen and oxygen atoms in total. The number of carbonyl (C=O) groups is 1. The quantitative estimate of drug-likeness (QED) is 0.841. The summed E-state index contributed by atoms with van der Waals surface area (Å²) < 4.78 is 25.8. The van der Waals surface area contributed by atoms with Gasteiger partial charge in [-0.3, -0.25) is 4.79 Å². The maximum Gasteiger partial charge on any atom is 0.242 e. The molecule has 126 valence electrons. The summed E-state index contributed by atoms with van der Waals surface area (Å²) in [5.74, 6) is 0.202. The molecule has 0 aliphatic heterocycles. The fourth-order valence-corrected chi connectivity index (χ4v) is 3.63. The molecule has 0 heterocycles. The molecule has 0 saturated carbocycles. The second-order valence-corrected chi connectivity index (χ2v) is 8.37. The van der Waals surface area contributed by atoms with Crippen molar-refractivity contribution in [2.45, 2.75) is 38.0 Å². The van der Waals surface area contributed by atoms with Crippen molar-refractivity contribution in [2.24, 2.45) is 5.92 Å². The van der Waals surface area contributed by atoms with Gasteiger partial charge in [-0.15, -0.1) is 0 Å². The highest BCUT2D eigenvalue weighted by Crippen LogP contribution is 2.27. The molecule has 0 spiro atoms. The van der Waals surface area contributed by atoms with Gasteiger partial charge in [0.15, 0.2) is 0 Å². The summed E-state index contributed by atoms with van der Waals surface area (Å²) in [6.45, 7) is 3.73. The van der Waals surface area contributed by atoms with Crippen molar-refractivity contribution < 1.29 is 13.2 Å². The summed E-state index contributed by atoms with van der Waals surface area (Å²) >= 11 is 0. The van der Waals surface area contributed by atoms with E-state index >= 15 is 0 Å². The number of nitrogens with zero attached hydrogens (tertiary/aromatic N) is 1. The van der Waals surface area contributed by atoms with Crippen molar-refractivity contribution in [1.29, 1.82) is 0 Å². The molecule has 6 heteroatoms. The predicted molar refractivity (Wildman–Crippen MR) is 91.9 cm³/mol. The molecule has 1 aliphatic carbocycles. The van der Waals surface area contributed by atoms with Crippen LogP contribution in [0.4, 0.5) is 5.69 Å². The summed E-state index contributed by atoms with van der Waals surface area (Å²) in [5, 5.41) is 2.87. The van der Waals surface area contributed by atoms with Crippen LogP contribution in [0.5, 0.6) is 0 Å². The van der Waals surface area contributed by atoms with Crippen LogP contribution in [0.15, 0.2) is 29.2 Å². The molecular weight excluding hydrogens is 312 g/mol. The molecule has 0 aromatic heterocycles. The molecule has 23 heavy (non-hydrogen) atoms. The number of anilines is 1. The van der Waals surface area contributed by atoms with E-state index < -0.39 is 10.0 Å². The van der Waals surface area contributed by atoms with E-state index in [-0.39, 0.29) is 16.7 Å². The van der Waals surface area contributed by atoms with Gasteiger partial charge in [0.2, 0.25) is 15.9 Å². The number of amides is 1. The maximum absolute atomic E-state index is 12.3. The van der Waals surface area contributed by atoms with Gasteiger partial charge in [-0.1, -0.05) is 12.2 Å². The molecule has 1 aromatic carbocycles. The Kier molecular flexibility index (Phi) is 5.26. The minimum absolute atomic E-state index is 0.0801. The first-order valence-electron chi connectivity index (χ1n) is 7.72. The lowest BCUT2D eigenvalue weighted by atomic mass is 10.0. The SMILES string of the molecule is Cc1cc(S(=O)(=O)N(C)C)cc(NC(=O)C[C@H]2C=CCC2)c1C. The Hall–Kier alpha value is -1.66. The lowest BCUT2D eigenvalue weighted by Crippen LogP contribution is -2.23. The molecule has 1 atom stereocenters. The van der Waals surface area contributed by atoms with Gasteiger partial charge in [0.25, 0.3) is 0 Å². The molecule has 0 fully saturated rings. The zero-order valence-corrected chi connectivity index (χ0v) is 14.9. The van der Waals surface area contributed by atoms with Gasteiger partial charge >= 0.3 is 0 Å². The van der Waals surface area contributed by atoms with Gasteiger partial charge in [-0.05, 0) is 55.9 Å². The van der Waals surface area contributed by atoms with Gasteiger partial charge in [0.05, 0.1) is 4.90 Å². The van der Waals surface area contributed by atoms with E-state index in [1.807, 2.05) is 13.8 Å². The molecule has 0 saturated heterocycles. The van der Waals surface area contributed by atoms with E-state index in [1.54, 1.807) is 12.1 Å². The minimum atomic E-state index is -3.53. The third kappa shape index (κ3) is 4.00. The molecule has 0 bridgehead atoms. The van der Waals surface area contributed by atoms with Crippen LogP contribution in [0.2, 0.25) is 0 Å². The molecule has 1 aliphatic rings. The van der Waals surface area contributed by atoms with Crippen LogP contribution in [-0.4, -0.2) is 32.7 Å². The number of rotatable bonds is 5. The van der Waals surface area contributed by atoms with Gasteiger partial charge < -0.3 is 5.32 Å². The maximum atomic E-state index is 12.3. The summed E-state index contributed by atoms with van der Waals surface area (Å²) in [5.41, 5.74) is 2.29. The number of hydrogen-bond donors (Lipinski definition) is 1. The zero-order chi connectivity index (χ0) is 17.2. The Morgan fingerprint density at radius 1 is 1.30 bits per heavy atom. The van der Waals surface area contributed by atoms with Crippen LogP contribution in [0.1, 0.15) is 30.4 Å². The minimum Gasteiger partial charge on any atom is -0.326 e. The Balaban J connectivity index is 2.25. The second-order valence-electron chi connectivity index (χ2n) is 6.22. The second kappa shape index (κ2) is 6.84. The topological polar surface area (TPSA) is 66.5 Å². The first kappa shape index (κ1) is 17.7. The van der Waals surface area contributed by atoms with Crippen LogP contribution in [0.25, 0.3) is 0 Å². The van der Waals surface area contributed by atoms with E-state index in [2.05, 4.69) is 17.5 Å². The molecule has 0 unspecified atom stereocenters. The van der Waals surface area contributed by atoms with Crippen molar-refractivity contribution in [2.75, 3.05) is 19.4 Å². The van der Waals surface area contributed by atoms with Crippen LogP contribution in [0, 0.1) is 19.8 Å². The monoisotopic (exact) mass is 336 g/mol. The van der Waals surface area contributed by atoms with E-state index in [1.165, 1.54) is 18.4 Å². The Morgan fingerprint density at radius 2 is 2.00 bits per heavy atom. The molecular formula is C17H24N2O3S.